The summed E-state index contributed by atoms with van der Waals surface area (Å²) in [6, 6.07) is 0. The predicted octanol–water partition coefficient (Wildman–Crippen LogP) is 1.15. The van der Waals surface area contributed by atoms with Gasteiger partial charge in [0.2, 0.25) is 16.9 Å². The van der Waals surface area contributed by atoms with Gasteiger partial charge in [0.25, 0.3) is 0 Å². The van der Waals surface area contributed by atoms with Gasteiger partial charge in [-0.3, -0.25) is 5.32 Å². The average Bonchev–Trinajstić information content (AvgIpc) is 2.08. The lowest BCUT2D eigenvalue weighted by atomic mass is 10.7. The lowest BCUT2D eigenvalue weighted by Crippen LogP contribution is -2.47. The van der Waals surface area contributed by atoms with E-state index in [1.807, 2.05) is 0 Å². The molecule has 0 saturated carbocycles. The molecule has 0 radical (unpaired) electrons. The second-order valence-electron chi connectivity index (χ2n) is 2.13. The van der Waals surface area contributed by atoms with Gasteiger partial charge in [0, 0.05) is 0 Å². The number of nitrogens with zero attached hydrogens (tertiary/aromatic N) is 3. The molecule has 1 rings (SSSR count). The lowest BCUT2D eigenvalue weighted by molar-refractivity contribution is -0.264. The van der Waals surface area contributed by atoms with Gasteiger partial charge >= 0.3 is 6.61 Å². The van der Waals surface area contributed by atoms with Crippen LogP contribution in [0, 0.1) is 0 Å². The van der Waals surface area contributed by atoms with Crippen LogP contribution >= 0.6 is 23.2 Å². The van der Waals surface area contributed by atoms with E-state index in [-0.39, 0.29) is 10.6 Å². The number of hydrogen-bond acceptors (Lipinski definition) is 5. The van der Waals surface area contributed by atoms with Gasteiger partial charge < -0.3 is 0 Å². The van der Waals surface area contributed by atoms with Crippen molar-refractivity contribution < 1.29 is 13.6 Å². The number of halogens is 4. The zero-order valence-electron chi connectivity index (χ0n) is 6.92. The summed E-state index contributed by atoms with van der Waals surface area (Å²) in [5.41, 5.74) is 0. The van der Waals surface area contributed by atoms with Crippen LogP contribution in [0.1, 0.15) is 0 Å². The molecule has 0 aromatic carbocycles. The summed E-state index contributed by atoms with van der Waals surface area (Å²) in [5.74, 6) is 0. The molecule has 5 nitrogen and oxygen atoms in total. The molecular weight excluding hydrogens is 241 g/mol. The number of alkyl halides is 2. The standard InChI is InChI=1S/C5H6Cl2F2N4O/c1-10-5-12-2(6)11-3(7)13(5)14-4(8)9/h4-5,10H,1H3. The Bertz CT molecular complexity index is 272. The Kier molecular flexibility index (Phi) is 3.99. The molecule has 1 N–H and O–H groups in total. The molecule has 1 unspecified atom stereocenters. The van der Waals surface area contributed by atoms with E-state index >= 15 is 0 Å². The number of aliphatic imine (C=N–C) groups is 2. The molecule has 0 aliphatic carbocycles. The van der Waals surface area contributed by atoms with Crippen molar-refractivity contribution >= 4 is 33.8 Å². The molecule has 0 bridgehead atoms. The van der Waals surface area contributed by atoms with Crippen LogP contribution in [0.4, 0.5) is 8.78 Å². The first kappa shape index (κ1) is 11.6. The van der Waals surface area contributed by atoms with E-state index in [1.165, 1.54) is 7.05 Å². The van der Waals surface area contributed by atoms with Crippen LogP contribution in [0.25, 0.3) is 0 Å². The maximum Gasteiger partial charge on any atom is 0.365 e. The number of nitrogens with one attached hydrogen (secondary N) is 1. The van der Waals surface area contributed by atoms with Gasteiger partial charge in [0.05, 0.1) is 0 Å². The fourth-order valence-electron chi connectivity index (χ4n) is 0.777. The van der Waals surface area contributed by atoms with Crippen molar-refractivity contribution in [1.29, 1.82) is 0 Å². The summed E-state index contributed by atoms with van der Waals surface area (Å²) in [6.07, 6.45) is -0.915. The minimum Gasteiger partial charge on any atom is -0.280 e. The van der Waals surface area contributed by atoms with Crippen LogP contribution in [0.5, 0.6) is 0 Å². The van der Waals surface area contributed by atoms with Crippen LogP contribution in [-0.4, -0.2) is 35.6 Å². The zero-order valence-corrected chi connectivity index (χ0v) is 8.43. The Hall–Kier alpha value is -0.500. The van der Waals surface area contributed by atoms with Gasteiger partial charge in [-0.2, -0.15) is 23.7 Å². The molecular formula is C5H6Cl2F2N4O. The highest BCUT2D eigenvalue weighted by Gasteiger charge is 2.27. The minimum absolute atomic E-state index is 0.136. The quantitative estimate of drug-likeness (QED) is 0.761. The van der Waals surface area contributed by atoms with E-state index in [9.17, 15) is 8.78 Å². The molecule has 0 aromatic heterocycles. The van der Waals surface area contributed by atoms with E-state index in [1.54, 1.807) is 0 Å². The third-order valence-corrected chi connectivity index (χ3v) is 1.70. The van der Waals surface area contributed by atoms with Gasteiger partial charge in [-0.25, -0.2) is 4.99 Å². The van der Waals surface area contributed by atoms with Crippen LogP contribution in [0.15, 0.2) is 9.98 Å². The molecule has 80 valence electrons. The molecule has 9 heteroatoms. The van der Waals surface area contributed by atoms with Crippen molar-refractivity contribution in [3.63, 3.8) is 0 Å². The van der Waals surface area contributed by atoms with E-state index in [0.29, 0.717) is 5.06 Å². The van der Waals surface area contributed by atoms with E-state index in [0.717, 1.165) is 0 Å². The SMILES string of the molecule is CNC1N=C(Cl)N=C(Cl)N1OC(F)F. The Balaban J connectivity index is 2.78. The van der Waals surface area contributed by atoms with Gasteiger partial charge in [0.15, 0.2) is 0 Å². The minimum atomic E-state index is -3.01. The second kappa shape index (κ2) is 4.83. The van der Waals surface area contributed by atoms with Crippen molar-refractivity contribution in [2.45, 2.75) is 12.9 Å². The molecule has 0 aromatic rings. The lowest BCUT2D eigenvalue weighted by Gasteiger charge is -2.28. The molecule has 0 saturated heterocycles. The summed E-state index contributed by atoms with van der Waals surface area (Å²) in [5, 5.41) is 2.72. The first-order valence-electron chi connectivity index (χ1n) is 3.43. The summed E-state index contributed by atoms with van der Waals surface area (Å²) in [7, 11) is 1.48. The normalized spacial score (nSPS) is 22.4. The van der Waals surface area contributed by atoms with Crippen molar-refractivity contribution in [2.75, 3.05) is 7.05 Å². The van der Waals surface area contributed by atoms with Gasteiger partial charge in [0.1, 0.15) is 0 Å². The Morgan fingerprint density at radius 1 is 1.57 bits per heavy atom. The third-order valence-electron chi connectivity index (χ3n) is 1.27. The average molecular weight is 247 g/mol. The predicted molar refractivity (Wildman–Crippen MR) is 48.4 cm³/mol. The summed E-state index contributed by atoms with van der Waals surface area (Å²) in [6.45, 7) is -3.01. The van der Waals surface area contributed by atoms with Crippen LogP contribution in [-0.2, 0) is 4.84 Å². The molecule has 1 atom stereocenters. The number of hydrogen-bond donors (Lipinski definition) is 1. The fraction of sp³-hybridized carbons (Fsp3) is 0.600. The van der Waals surface area contributed by atoms with Gasteiger partial charge in [-0.15, -0.1) is 0 Å². The number of hydroxylamine groups is 2. The van der Waals surface area contributed by atoms with Gasteiger partial charge in [-0.05, 0) is 30.2 Å². The molecule has 1 aliphatic rings. The van der Waals surface area contributed by atoms with Crippen LogP contribution in [0.2, 0.25) is 0 Å². The smallest absolute Gasteiger partial charge is 0.280 e. The molecule has 0 fully saturated rings. The van der Waals surface area contributed by atoms with Crippen LogP contribution in [0.3, 0.4) is 0 Å². The Morgan fingerprint density at radius 2 is 2.21 bits per heavy atom. The maximum atomic E-state index is 11.9. The van der Waals surface area contributed by atoms with Crippen molar-refractivity contribution in [1.82, 2.24) is 10.4 Å². The van der Waals surface area contributed by atoms with E-state index in [4.69, 9.17) is 23.2 Å². The van der Waals surface area contributed by atoms with Crippen molar-refractivity contribution in [3.05, 3.63) is 0 Å². The molecule has 1 heterocycles. The molecule has 0 amide bonds. The van der Waals surface area contributed by atoms with Crippen molar-refractivity contribution in [2.24, 2.45) is 9.98 Å². The number of amidine groups is 2. The summed E-state index contributed by atoms with van der Waals surface area (Å²) in [4.78, 5) is 11.2. The first-order chi connectivity index (χ1) is 6.54. The van der Waals surface area contributed by atoms with Crippen LogP contribution < -0.4 is 5.32 Å². The Labute approximate surface area is 88.3 Å². The summed E-state index contributed by atoms with van der Waals surface area (Å²) < 4.78 is 23.8. The first-order valence-corrected chi connectivity index (χ1v) is 4.19. The third kappa shape index (κ3) is 2.74. The topological polar surface area (TPSA) is 49.2 Å². The largest absolute Gasteiger partial charge is 0.365 e. The molecule has 0 spiro atoms. The maximum absolute atomic E-state index is 11.9. The van der Waals surface area contributed by atoms with E-state index in [2.05, 4.69) is 20.1 Å². The highest BCUT2D eigenvalue weighted by Crippen LogP contribution is 2.14. The second-order valence-corrected chi connectivity index (χ2v) is 2.81. The Morgan fingerprint density at radius 3 is 2.71 bits per heavy atom. The zero-order chi connectivity index (χ0) is 10.7. The summed E-state index contributed by atoms with van der Waals surface area (Å²) >= 11 is 11.0. The monoisotopic (exact) mass is 246 g/mol. The molecule has 1 aliphatic heterocycles. The highest BCUT2D eigenvalue weighted by molar-refractivity contribution is 6.71. The number of rotatable bonds is 3. The highest BCUT2D eigenvalue weighted by atomic mass is 35.5. The fourth-order valence-corrected chi connectivity index (χ4v) is 1.21. The van der Waals surface area contributed by atoms with Gasteiger partial charge in [-0.1, -0.05) is 0 Å². The van der Waals surface area contributed by atoms with Crippen molar-refractivity contribution in [3.8, 4) is 0 Å². The van der Waals surface area contributed by atoms with E-state index < -0.39 is 12.9 Å². The molecule has 14 heavy (non-hydrogen) atoms.